The fraction of sp³-hybridized carbons (Fsp3) is 0.346. The van der Waals surface area contributed by atoms with Crippen LogP contribution in [-0.2, 0) is 16.8 Å². The van der Waals surface area contributed by atoms with Crippen molar-refractivity contribution in [3.63, 3.8) is 0 Å². The molecule has 1 amide bonds. The van der Waals surface area contributed by atoms with E-state index in [0.29, 0.717) is 48.6 Å². The van der Waals surface area contributed by atoms with Crippen LogP contribution in [0.5, 0.6) is 5.75 Å². The minimum atomic E-state index is -4.95. The summed E-state index contributed by atoms with van der Waals surface area (Å²) in [6.45, 7) is 6.96. The number of ether oxygens (including phenoxy) is 1. The fourth-order valence-electron chi connectivity index (χ4n) is 4.15. The maximum Gasteiger partial charge on any atom is 0.573 e. The van der Waals surface area contributed by atoms with Crippen LogP contribution in [0, 0.1) is 11.2 Å². The first-order chi connectivity index (χ1) is 16.8. The molecule has 0 saturated heterocycles. The zero-order valence-corrected chi connectivity index (χ0v) is 19.9. The summed E-state index contributed by atoms with van der Waals surface area (Å²) in [5, 5.41) is 7.07. The Hall–Kier alpha value is -3.69. The summed E-state index contributed by atoms with van der Waals surface area (Å²) in [5.74, 6) is -2.16. The quantitative estimate of drug-likeness (QED) is 0.312. The second-order valence-corrected chi connectivity index (χ2v) is 10.1. The van der Waals surface area contributed by atoms with E-state index in [9.17, 15) is 27.2 Å². The number of amides is 1. The normalized spacial score (nSPS) is 14.9. The lowest BCUT2D eigenvalue weighted by molar-refractivity contribution is -0.274. The highest BCUT2D eigenvalue weighted by molar-refractivity contribution is 6.02. The van der Waals surface area contributed by atoms with Crippen LogP contribution >= 0.6 is 0 Å². The molecule has 0 unspecified atom stereocenters. The minimum absolute atomic E-state index is 0.00646. The van der Waals surface area contributed by atoms with Gasteiger partial charge in [-0.25, -0.2) is 4.39 Å². The van der Waals surface area contributed by atoms with Crippen molar-refractivity contribution in [2.75, 3.05) is 5.32 Å². The lowest BCUT2D eigenvalue weighted by atomic mass is 9.94. The number of anilines is 1. The van der Waals surface area contributed by atoms with E-state index >= 15 is 0 Å². The molecular formula is C26H25F4N3O3. The van der Waals surface area contributed by atoms with Gasteiger partial charge < -0.3 is 10.1 Å². The molecule has 1 fully saturated rings. The molecule has 0 atom stereocenters. The highest BCUT2D eigenvalue weighted by Crippen LogP contribution is 2.50. The molecule has 3 aromatic rings. The lowest BCUT2D eigenvalue weighted by Gasteiger charge is -2.18. The van der Waals surface area contributed by atoms with E-state index in [0.717, 1.165) is 17.7 Å². The third-order valence-corrected chi connectivity index (χ3v) is 5.89. The number of alkyl halides is 3. The lowest BCUT2D eigenvalue weighted by Crippen LogP contribution is -2.29. The van der Waals surface area contributed by atoms with Crippen LogP contribution in [0.1, 0.15) is 49.5 Å². The van der Waals surface area contributed by atoms with Gasteiger partial charge in [-0.1, -0.05) is 32.9 Å². The molecule has 1 saturated carbocycles. The van der Waals surface area contributed by atoms with Crippen molar-refractivity contribution >= 4 is 17.9 Å². The van der Waals surface area contributed by atoms with Gasteiger partial charge in [-0.15, -0.1) is 13.2 Å². The fourth-order valence-corrected chi connectivity index (χ4v) is 4.15. The number of aromatic nitrogens is 2. The van der Waals surface area contributed by atoms with Crippen LogP contribution in [0.4, 0.5) is 23.2 Å². The summed E-state index contributed by atoms with van der Waals surface area (Å²) in [7, 11) is 0. The number of aldehydes is 1. The Kier molecular flexibility index (Phi) is 6.40. The first-order valence-electron chi connectivity index (χ1n) is 11.3. The molecule has 190 valence electrons. The first kappa shape index (κ1) is 25.4. The van der Waals surface area contributed by atoms with Crippen LogP contribution in [0.15, 0.2) is 48.8 Å². The van der Waals surface area contributed by atoms with Gasteiger partial charge >= 0.3 is 6.36 Å². The summed E-state index contributed by atoms with van der Waals surface area (Å²) in [5.41, 5.74) is 0.901. The molecule has 1 aromatic heterocycles. The van der Waals surface area contributed by atoms with E-state index in [-0.39, 0.29) is 11.0 Å². The number of halogens is 4. The highest BCUT2D eigenvalue weighted by Gasteiger charge is 2.53. The van der Waals surface area contributed by atoms with Crippen molar-refractivity contribution in [2.45, 2.75) is 51.9 Å². The largest absolute Gasteiger partial charge is 0.573 e. The first-order valence-corrected chi connectivity index (χ1v) is 11.3. The zero-order valence-electron chi connectivity index (χ0n) is 19.9. The van der Waals surface area contributed by atoms with Crippen LogP contribution in [-0.4, -0.2) is 28.3 Å². The van der Waals surface area contributed by atoms with Gasteiger partial charge in [0.05, 0.1) is 11.6 Å². The Morgan fingerprint density at radius 3 is 2.47 bits per heavy atom. The molecule has 0 bridgehead atoms. The molecule has 10 heteroatoms. The van der Waals surface area contributed by atoms with Crippen LogP contribution in [0.3, 0.4) is 0 Å². The SMILES string of the molecule is CC(C)(C)Cn1cc(-c2ccc(NC(=O)C3(c4ccc(OC(F)(F)F)cc4F)CC3)cc2C=O)cn1. The number of carbonyl (C=O) groups excluding carboxylic acids is 2. The average Bonchev–Trinajstić information content (AvgIpc) is 3.44. The molecule has 0 radical (unpaired) electrons. The molecule has 36 heavy (non-hydrogen) atoms. The summed E-state index contributed by atoms with van der Waals surface area (Å²) < 4.78 is 57.4. The Morgan fingerprint density at radius 1 is 1.17 bits per heavy atom. The maximum absolute atomic E-state index is 14.6. The number of carbonyl (C=O) groups is 2. The Morgan fingerprint density at radius 2 is 1.89 bits per heavy atom. The monoisotopic (exact) mass is 503 g/mol. The summed E-state index contributed by atoms with van der Waals surface area (Å²) in [4.78, 5) is 24.9. The van der Waals surface area contributed by atoms with Crippen molar-refractivity contribution < 1.29 is 31.9 Å². The zero-order chi connectivity index (χ0) is 26.3. The van der Waals surface area contributed by atoms with Crippen molar-refractivity contribution in [1.29, 1.82) is 0 Å². The number of nitrogens with one attached hydrogen (secondary N) is 1. The van der Waals surface area contributed by atoms with Gasteiger partial charge in [0.15, 0.2) is 6.29 Å². The maximum atomic E-state index is 14.6. The third-order valence-electron chi connectivity index (χ3n) is 5.89. The Bertz CT molecular complexity index is 1300. The van der Waals surface area contributed by atoms with E-state index in [1.54, 1.807) is 23.0 Å². The summed E-state index contributed by atoms with van der Waals surface area (Å²) in [6.07, 6.45) is -0.0869. The van der Waals surface area contributed by atoms with E-state index in [1.807, 2.05) is 6.20 Å². The van der Waals surface area contributed by atoms with Gasteiger partial charge in [0.2, 0.25) is 5.91 Å². The molecule has 1 aliphatic rings. The predicted molar refractivity (Wildman–Crippen MR) is 125 cm³/mol. The van der Waals surface area contributed by atoms with Crippen LogP contribution in [0.25, 0.3) is 11.1 Å². The Labute approximate surface area is 205 Å². The number of nitrogens with zero attached hydrogens (tertiary/aromatic N) is 2. The van der Waals surface area contributed by atoms with Gasteiger partial charge in [0.1, 0.15) is 11.6 Å². The molecule has 1 aliphatic carbocycles. The molecule has 4 rings (SSSR count). The standard InChI is InChI=1S/C26H25F4N3O3/c1-24(2,3)15-33-13-17(12-31-33)20-6-4-18(10-16(20)14-34)32-23(35)25(8-9-25)21-7-5-19(11-22(21)27)36-26(28,29)30/h4-7,10-14H,8-9,15H2,1-3H3,(H,32,35). The van der Waals surface area contributed by atoms with Crippen LogP contribution in [0.2, 0.25) is 0 Å². The molecule has 0 aliphatic heterocycles. The second kappa shape index (κ2) is 9.07. The summed E-state index contributed by atoms with van der Waals surface area (Å²) in [6, 6.07) is 7.59. The van der Waals surface area contributed by atoms with Gasteiger partial charge in [-0.05, 0) is 42.0 Å². The van der Waals surface area contributed by atoms with Crippen molar-refractivity contribution in [1.82, 2.24) is 9.78 Å². The molecular weight excluding hydrogens is 478 g/mol. The van der Waals surface area contributed by atoms with Gasteiger partial charge in [0, 0.05) is 41.2 Å². The van der Waals surface area contributed by atoms with Crippen molar-refractivity contribution in [3.05, 3.63) is 65.7 Å². The Balaban J connectivity index is 1.53. The van der Waals surface area contributed by atoms with E-state index in [4.69, 9.17) is 0 Å². The average molecular weight is 503 g/mol. The number of rotatable bonds is 7. The highest BCUT2D eigenvalue weighted by atomic mass is 19.4. The molecule has 1 heterocycles. The van der Waals surface area contributed by atoms with E-state index < -0.39 is 29.3 Å². The second-order valence-electron chi connectivity index (χ2n) is 10.1. The van der Waals surface area contributed by atoms with E-state index in [2.05, 4.69) is 35.9 Å². The van der Waals surface area contributed by atoms with Crippen molar-refractivity contribution in [2.24, 2.45) is 5.41 Å². The van der Waals surface area contributed by atoms with E-state index in [1.165, 1.54) is 6.07 Å². The third kappa shape index (κ3) is 5.58. The molecule has 1 N–H and O–H groups in total. The molecule has 6 nitrogen and oxygen atoms in total. The number of benzene rings is 2. The minimum Gasteiger partial charge on any atom is -0.406 e. The van der Waals surface area contributed by atoms with Crippen molar-refractivity contribution in [3.8, 4) is 16.9 Å². The van der Waals surface area contributed by atoms with Gasteiger partial charge in [-0.2, -0.15) is 5.10 Å². The van der Waals surface area contributed by atoms with Crippen LogP contribution < -0.4 is 10.1 Å². The van der Waals surface area contributed by atoms with Gasteiger partial charge in [0.25, 0.3) is 0 Å². The summed E-state index contributed by atoms with van der Waals surface area (Å²) >= 11 is 0. The molecule has 0 spiro atoms. The number of hydrogen-bond acceptors (Lipinski definition) is 4. The predicted octanol–water partition coefficient (Wildman–Crippen LogP) is 6.12. The molecule has 2 aromatic carbocycles. The topological polar surface area (TPSA) is 73.2 Å². The van der Waals surface area contributed by atoms with Gasteiger partial charge in [-0.3, -0.25) is 14.3 Å². The smallest absolute Gasteiger partial charge is 0.406 e. The number of hydrogen-bond donors (Lipinski definition) is 1.